The molecule has 0 aliphatic rings. The zero-order valence-electron chi connectivity index (χ0n) is 44.2. The molecule has 77 heavy (non-hydrogen) atoms. The van der Waals surface area contributed by atoms with E-state index in [2.05, 4.69) is 47.9 Å². The van der Waals surface area contributed by atoms with Crippen molar-refractivity contribution in [1.82, 2.24) is 47.9 Å². The molecule has 0 heterocycles. The Hall–Kier alpha value is -7.34. The molecule has 0 aromatic heterocycles. The molecule has 432 valence electrons. The van der Waals surface area contributed by atoms with E-state index in [4.69, 9.17) is 17.2 Å². The highest BCUT2D eigenvalue weighted by molar-refractivity contribution is 5.99. The van der Waals surface area contributed by atoms with Crippen molar-refractivity contribution in [2.75, 3.05) is 13.2 Å². The van der Waals surface area contributed by atoms with E-state index in [-0.39, 0.29) is 31.6 Å². The van der Waals surface area contributed by atoms with E-state index in [9.17, 15) is 83.1 Å². The normalized spacial score (nSPS) is 16.2. The number of hydrogen-bond donors (Lipinski definition) is 17. The molecule has 0 aliphatic heterocycles. The molecule has 11 amide bonds. The van der Waals surface area contributed by atoms with Gasteiger partial charge in [-0.2, -0.15) is 0 Å². The first-order chi connectivity index (χ1) is 36.0. The molecule has 0 unspecified atom stereocenters. The minimum Gasteiger partial charge on any atom is -0.480 e. The summed E-state index contributed by atoms with van der Waals surface area (Å²) in [5.41, 5.74) is 16.6. The Morgan fingerprint density at radius 3 is 1.38 bits per heavy atom. The molecule has 0 bridgehead atoms. The van der Waals surface area contributed by atoms with Gasteiger partial charge in [-0.15, -0.1) is 0 Å². The van der Waals surface area contributed by atoms with E-state index in [1.807, 2.05) is 0 Å². The molecule has 13 atom stereocenters. The summed E-state index contributed by atoms with van der Waals surface area (Å²) in [7, 11) is 0. The van der Waals surface area contributed by atoms with Gasteiger partial charge in [0, 0.05) is 19.3 Å². The van der Waals surface area contributed by atoms with Gasteiger partial charge in [0.25, 0.3) is 0 Å². The number of aliphatic hydroxyl groups excluding tert-OH is 4. The van der Waals surface area contributed by atoms with Crippen LogP contribution in [0.4, 0.5) is 0 Å². The van der Waals surface area contributed by atoms with Gasteiger partial charge in [0.2, 0.25) is 65.0 Å². The molecule has 29 nitrogen and oxygen atoms in total. The van der Waals surface area contributed by atoms with Gasteiger partial charge in [0.1, 0.15) is 54.4 Å². The van der Waals surface area contributed by atoms with E-state index in [0.717, 1.165) is 13.8 Å². The number of hydrogen-bond acceptors (Lipinski definition) is 17. The molecular formula is C48H78N12O17. The predicted octanol–water partition coefficient (Wildman–Crippen LogP) is -6.61. The Labute approximate surface area is 445 Å². The second kappa shape index (κ2) is 33.6. The largest absolute Gasteiger partial charge is 0.480 e. The number of carbonyl (C=O) groups is 12. The van der Waals surface area contributed by atoms with Crippen molar-refractivity contribution in [3.63, 3.8) is 0 Å². The van der Waals surface area contributed by atoms with Crippen LogP contribution in [0, 0.1) is 11.8 Å². The Balaban J connectivity index is 3.45. The minimum atomic E-state index is -1.87. The summed E-state index contributed by atoms with van der Waals surface area (Å²) in [6.07, 6.45) is -4.99. The van der Waals surface area contributed by atoms with Gasteiger partial charge in [0.05, 0.1) is 25.4 Å². The summed E-state index contributed by atoms with van der Waals surface area (Å²) in [6.45, 7) is 8.25. The summed E-state index contributed by atoms with van der Waals surface area (Å²) in [6, 6.07) is -7.69. The number of carbonyl (C=O) groups excluding carboxylic acids is 11. The number of nitrogens with one attached hydrogen (secondary N) is 9. The lowest BCUT2D eigenvalue weighted by atomic mass is 9.96. The van der Waals surface area contributed by atoms with Crippen molar-refractivity contribution in [1.29, 1.82) is 0 Å². The molecule has 0 fully saturated rings. The number of nitrogens with two attached hydrogens (primary N) is 3. The van der Waals surface area contributed by atoms with Crippen molar-refractivity contribution in [3.05, 3.63) is 35.9 Å². The first-order valence-corrected chi connectivity index (χ1v) is 24.9. The van der Waals surface area contributed by atoms with Crippen LogP contribution in [0.1, 0.15) is 92.6 Å². The highest BCUT2D eigenvalue weighted by atomic mass is 16.4. The van der Waals surface area contributed by atoms with E-state index in [1.54, 1.807) is 58.0 Å². The number of carboxylic acid groups (broad SMARTS) is 1. The maximum Gasteiger partial charge on any atom is 0.328 e. The standard InChI is InChI=1S/C48H78N12O17/c1-8-23(4)36(46(74)56-31(18-22(2)3)43(71)54-30(15-17-35(51)66)42(70)60-38(26(7)64)48(76)77)58-47(75)37(25(6)63)59-45(73)33(21-62)57-44(72)32(19-27-12-10-9-11-13-27)55-41(69)29(14-16-34(50)65)53-39(67)24(5)52-40(68)28(49)20-61/h9-13,22-26,28-33,36-38,61-64H,8,14-21,49H2,1-7H3,(H2,50,65)(H2,51,66)(H,52,68)(H,53,67)(H,54,71)(H,55,69)(H,56,74)(H,57,72)(H,58,75)(H,59,73)(H,60,70)(H,76,77)/t23-,24-,25+,26+,28-,29-,30-,31-,32-,33-,36-,37-,38-/m0/s1. The van der Waals surface area contributed by atoms with Gasteiger partial charge in [0.15, 0.2) is 6.04 Å². The number of aliphatic hydroxyl groups is 4. The van der Waals surface area contributed by atoms with Crippen LogP contribution in [0.3, 0.4) is 0 Å². The molecule has 29 heteroatoms. The number of carboxylic acids is 1. The van der Waals surface area contributed by atoms with Gasteiger partial charge in [-0.25, -0.2) is 4.79 Å². The molecular weight excluding hydrogens is 1020 g/mol. The fraction of sp³-hybridized carbons (Fsp3) is 0.625. The van der Waals surface area contributed by atoms with Crippen LogP contribution in [0.15, 0.2) is 30.3 Å². The molecule has 0 aliphatic carbocycles. The lowest BCUT2D eigenvalue weighted by Gasteiger charge is -2.30. The second-order valence-electron chi connectivity index (χ2n) is 19.0. The summed E-state index contributed by atoms with van der Waals surface area (Å²) in [4.78, 5) is 157. The van der Waals surface area contributed by atoms with Crippen molar-refractivity contribution in [3.8, 4) is 0 Å². The fourth-order valence-corrected chi connectivity index (χ4v) is 7.16. The van der Waals surface area contributed by atoms with E-state index in [0.29, 0.717) is 5.56 Å². The predicted molar refractivity (Wildman–Crippen MR) is 272 cm³/mol. The van der Waals surface area contributed by atoms with Gasteiger partial charge in [-0.05, 0) is 57.4 Å². The SMILES string of the molecule is CC[C@H](C)[C@H](NC(=O)[C@@H](NC(=O)[C@H](CO)NC(=O)[C@H](Cc1ccccc1)NC(=O)[C@H](CCC(N)=O)NC(=O)[C@H](C)NC(=O)[C@@H](N)CO)[C@@H](C)O)C(=O)N[C@@H](CC(C)C)C(=O)N[C@@H](CCC(N)=O)C(=O)N[C@H](C(=O)O)[C@@H](C)O. The third kappa shape index (κ3) is 24.0. The van der Waals surface area contributed by atoms with E-state index >= 15 is 0 Å². The molecule has 0 saturated heterocycles. The Morgan fingerprint density at radius 1 is 0.494 bits per heavy atom. The maximum absolute atomic E-state index is 14.1. The number of rotatable bonds is 35. The van der Waals surface area contributed by atoms with Crippen molar-refractivity contribution < 1.29 is 83.1 Å². The molecule has 0 spiro atoms. The number of amides is 11. The monoisotopic (exact) mass is 1090 g/mol. The summed E-state index contributed by atoms with van der Waals surface area (Å²) >= 11 is 0. The zero-order chi connectivity index (χ0) is 58.9. The van der Waals surface area contributed by atoms with Gasteiger partial charge >= 0.3 is 5.97 Å². The van der Waals surface area contributed by atoms with Crippen LogP contribution in [-0.2, 0) is 64.0 Å². The van der Waals surface area contributed by atoms with Crippen LogP contribution < -0.4 is 65.1 Å². The summed E-state index contributed by atoms with van der Waals surface area (Å²) < 4.78 is 0. The van der Waals surface area contributed by atoms with Crippen molar-refractivity contribution in [2.45, 2.75) is 166 Å². The van der Waals surface area contributed by atoms with Crippen LogP contribution >= 0.6 is 0 Å². The summed E-state index contributed by atoms with van der Waals surface area (Å²) in [5, 5.41) is 70.9. The van der Waals surface area contributed by atoms with Gasteiger partial charge in [-0.3, -0.25) is 52.7 Å². The molecule has 1 aromatic carbocycles. The first kappa shape index (κ1) is 67.7. The third-order valence-electron chi connectivity index (χ3n) is 11.9. The number of primary amides is 2. The van der Waals surface area contributed by atoms with Crippen LogP contribution in [0.25, 0.3) is 0 Å². The molecule has 1 rings (SSSR count). The third-order valence-corrected chi connectivity index (χ3v) is 11.9. The lowest BCUT2D eigenvalue weighted by molar-refractivity contribution is -0.145. The highest BCUT2D eigenvalue weighted by Gasteiger charge is 2.38. The fourth-order valence-electron chi connectivity index (χ4n) is 7.16. The second-order valence-corrected chi connectivity index (χ2v) is 19.0. The molecule has 20 N–H and O–H groups in total. The average molecular weight is 1100 g/mol. The Morgan fingerprint density at radius 2 is 0.909 bits per heavy atom. The lowest BCUT2D eigenvalue weighted by Crippen LogP contribution is -2.63. The Bertz CT molecular complexity index is 2200. The number of benzene rings is 1. The summed E-state index contributed by atoms with van der Waals surface area (Å²) in [5.74, 6) is -13.6. The maximum atomic E-state index is 14.1. The molecule has 0 radical (unpaired) electrons. The van der Waals surface area contributed by atoms with Crippen molar-refractivity contribution >= 4 is 70.9 Å². The average Bonchev–Trinajstić information content (AvgIpc) is 3.36. The van der Waals surface area contributed by atoms with E-state index < -0.39 is 182 Å². The number of aliphatic carboxylic acids is 1. The Kier molecular flexibility index (Phi) is 29.6. The van der Waals surface area contributed by atoms with E-state index in [1.165, 1.54) is 6.92 Å². The molecule has 1 aromatic rings. The van der Waals surface area contributed by atoms with Crippen LogP contribution in [-0.4, -0.2) is 182 Å². The first-order valence-electron chi connectivity index (χ1n) is 24.9. The van der Waals surface area contributed by atoms with Gasteiger partial charge < -0.3 is 90.6 Å². The topological polar surface area (TPSA) is 492 Å². The van der Waals surface area contributed by atoms with Crippen molar-refractivity contribution in [2.24, 2.45) is 29.0 Å². The minimum absolute atomic E-state index is 0.0554. The van der Waals surface area contributed by atoms with Gasteiger partial charge in [-0.1, -0.05) is 64.4 Å². The zero-order valence-corrected chi connectivity index (χ0v) is 44.2. The smallest absolute Gasteiger partial charge is 0.328 e. The molecule has 0 saturated carbocycles. The highest BCUT2D eigenvalue weighted by Crippen LogP contribution is 2.14. The quantitative estimate of drug-likeness (QED) is 0.0300. The van der Waals surface area contributed by atoms with Crippen LogP contribution in [0.2, 0.25) is 0 Å². The van der Waals surface area contributed by atoms with Crippen LogP contribution in [0.5, 0.6) is 0 Å².